The average molecular weight is 167 g/mol. The van der Waals surface area contributed by atoms with Crippen molar-refractivity contribution >= 4 is 17.6 Å². The lowest BCUT2D eigenvalue weighted by molar-refractivity contribution is -0.138. The molecular formula is C5H11ClN2O2. The van der Waals surface area contributed by atoms with Crippen molar-refractivity contribution in [2.24, 2.45) is 11.5 Å². The Labute approximate surface area is 64.1 Å². The summed E-state index contributed by atoms with van der Waals surface area (Å²) in [6.45, 7) is 0.253. The highest BCUT2D eigenvalue weighted by Crippen LogP contribution is 2.01. The minimum Gasteiger partial charge on any atom is -0.480 e. The van der Waals surface area contributed by atoms with Crippen molar-refractivity contribution in [3.05, 3.63) is 0 Å². The van der Waals surface area contributed by atoms with Crippen LogP contribution in [0.15, 0.2) is 0 Å². The van der Waals surface area contributed by atoms with E-state index in [0.717, 1.165) is 0 Å². The van der Waals surface area contributed by atoms with Gasteiger partial charge in [0.1, 0.15) is 6.04 Å². The Kier molecular flexibility index (Phi) is 4.34. The molecule has 60 valence electrons. The van der Waals surface area contributed by atoms with Crippen molar-refractivity contribution in [2.45, 2.75) is 17.8 Å². The number of carboxylic acid groups (broad SMARTS) is 1. The molecule has 1 unspecified atom stereocenters. The molecule has 0 bridgehead atoms. The molecule has 0 aromatic rings. The van der Waals surface area contributed by atoms with E-state index >= 15 is 0 Å². The normalized spacial score (nSPS) is 16.3. The second-order valence-corrected chi connectivity index (χ2v) is 2.63. The Balaban J connectivity index is 3.56. The fraction of sp³-hybridized carbons (Fsp3) is 0.800. The molecule has 5 heteroatoms. The van der Waals surface area contributed by atoms with E-state index in [0.29, 0.717) is 0 Å². The van der Waals surface area contributed by atoms with Gasteiger partial charge in [-0.3, -0.25) is 4.79 Å². The molecule has 0 rings (SSSR count). The summed E-state index contributed by atoms with van der Waals surface area (Å²) in [5.74, 6) is -1.04. The zero-order valence-electron chi connectivity index (χ0n) is 5.46. The molecule has 4 nitrogen and oxygen atoms in total. The maximum atomic E-state index is 10.1. The molecule has 0 amide bonds. The lowest BCUT2D eigenvalue weighted by Crippen LogP contribution is -2.34. The van der Waals surface area contributed by atoms with Gasteiger partial charge in [0.25, 0.3) is 0 Å². The van der Waals surface area contributed by atoms with Crippen LogP contribution in [0.3, 0.4) is 0 Å². The number of carboxylic acids is 1. The van der Waals surface area contributed by atoms with Crippen molar-refractivity contribution in [1.29, 1.82) is 0 Å². The monoisotopic (exact) mass is 166 g/mol. The van der Waals surface area contributed by atoms with Crippen molar-refractivity contribution in [3.63, 3.8) is 0 Å². The van der Waals surface area contributed by atoms with Crippen molar-refractivity contribution < 1.29 is 9.90 Å². The summed E-state index contributed by atoms with van der Waals surface area (Å²) in [5, 5.41) is 7.96. The first kappa shape index (κ1) is 9.68. The molecule has 10 heavy (non-hydrogen) atoms. The SMILES string of the molecule is NCC(Cl)C[C@H](N)C(=O)O. The molecule has 0 aliphatic carbocycles. The highest BCUT2D eigenvalue weighted by molar-refractivity contribution is 6.20. The zero-order valence-corrected chi connectivity index (χ0v) is 6.21. The second kappa shape index (κ2) is 4.49. The lowest BCUT2D eigenvalue weighted by Gasteiger charge is -2.08. The Morgan fingerprint density at radius 3 is 2.50 bits per heavy atom. The summed E-state index contributed by atoms with van der Waals surface area (Å²) in [7, 11) is 0. The number of alkyl halides is 1. The van der Waals surface area contributed by atoms with Crippen LogP contribution >= 0.6 is 11.6 Å². The van der Waals surface area contributed by atoms with E-state index in [2.05, 4.69) is 0 Å². The standard InChI is InChI=1S/C5H11ClN2O2/c6-3(2-7)1-4(8)5(9)10/h3-4H,1-2,7-8H2,(H,9,10)/t3?,4-/m0/s1. The van der Waals surface area contributed by atoms with Gasteiger partial charge in [-0.05, 0) is 6.42 Å². The lowest BCUT2D eigenvalue weighted by atomic mass is 10.2. The summed E-state index contributed by atoms with van der Waals surface area (Å²) in [6, 6.07) is -0.897. The number of hydrogen-bond donors (Lipinski definition) is 3. The molecule has 0 aliphatic rings. The number of hydrogen-bond acceptors (Lipinski definition) is 3. The number of halogens is 1. The van der Waals surface area contributed by atoms with E-state index in [9.17, 15) is 4.79 Å². The molecule has 0 saturated heterocycles. The Hall–Kier alpha value is -0.320. The number of carbonyl (C=O) groups is 1. The number of nitrogens with two attached hydrogens (primary N) is 2. The molecule has 2 atom stereocenters. The molecular weight excluding hydrogens is 156 g/mol. The van der Waals surface area contributed by atoms with E-state index in [1.165, 1.54) is 0 Å². The smallest absolute Gasteiger partial charge is 0.320 e. The topological polar surface area (TPSA) is 89.3 Å². The van der Waals surface area contributed by atoms with Crippen molar-refractivity contribution in [3.8, 4) is 0 Å². The first-order valence-electron chi connectivity index (χ1n) is 2.90. The van der Waals surface area contributed by atoms with Gasteiger partial charge < -0.3 is 16.6 Å². The van der Waals surface area contributed by atoms with Gasteiger partial charge in [0.05, 0.1) is 0 Å². The van der Waals surface area contributed by atoms with Crippen LogP contribution < -0.4 is 11.5 Å². The summed E-state index contributed by atoms with van der Waals surface area (Å²) < 4.78 is 0. The van der Waals surface area contributed by atoms with Gasteiger partial charge in [-0.2, -0.15) is 0 Å². The molecule has 0 spiro atoms. The summed E-state index contributed by atoms with van der Waals surface area (Å²) in [6.07, 6.45) is 0.216. The molecule has 0 fully saturated rings. The highest BCUT2D eigenvalue weighted by atomic mass is 35.5. The first-order chi connectivity index (χ1) is 4.57. The predicted molar refractivity (Wildman–Crippen MR) is 38.9 cm³/mol. The Morgan fingerprint density at radius 2 is 2.20 bits per heavy atom. The first-order valence-corrected chi connectivity index (χ1v) is 3.34. The van der Waals surface area contributed by atoms with E-state index < -0.39 is 12.0 Å². The molecule has 0 saturated carbocycles. The second-order valence-electron chi connectivity index (χ2n) is 2.01. The maximum absolute atomic E-state index is 10.1. The maximum Gasteiger partial charge on any atom is 0.320 e. The van der Waals surface area contributed by atoms with Gasteiger partial charge >= 0.3 is 5.97 Å². The third kappa shape index (κ3) is 3.66. The molecule has 0 aromatic carbocycles. The van der Waals surface area contributed by atoms with Crippen molar-refractivity contribution in [2.75, 3.05) is 6.54 Å². The average Bonchev–Trinajstić information content (AvgIpc) is 1.87. The zero-order chi connectivity index (χ0) is 8.15. The quantitative estimate of drug-likeness (QED) is 0.485. The van der Waals surface area contributed by atoms with Crippen LogP contribution in [-0.2, 0) is 4.79 Å². The van der Waals surface area contributed by atoms with Crippen LogP contribution in [0.2, 0.25) is 0 Å². The predicted octanol–water partition coefficient (Wildman–Crippen LogP) is -0.646. The van der Waals surface area contributed by atoms with Gasteiger partial charge in [-0.25, -0.2) is 0 Å². The van der Waals surface area contributed by atoms with Gasteiger partial charge in [0, 0.05) is 11.9 Å². The largest absolute Gasteiger partial charge is 0.480 e. The van der Waals surface area contributed by atoms with Crippen LogP contribution in [0, 0.1) is 0 Å². The van der Waals surface area contributed by atoms with Gasteiger partial charge in [0.15, 0.2) is 0 Å². The van der Waals surface area contributed by atoms with Gasteiger partial charge in [-0.15, -0.1) is 11.6 Å². The molecule has 0 aromatic heterocycles. The third-order valence-corrected chi connectivity index (χ3v) is 1.44. The van der Waals surface area contributed by atoms with E-state index in [4.69, 9.17) is 28.2 Å². The van der Waals surface area contributed by atoms with Gasteiger partial charge in [-0.1, -0.05) is 0 Å². The van der Waals surface area contributed by atoms with Gasteiger partial charge in [0.2, 0.25) is 0 Å². The van der Waals surface area contributed by atoms with Crippen LogP contribution in [0.4, 0.5) is 0 Å². The van der Waals surface area contributed by atoms with E-state index in [-0.39, 0.29) is 18.3 Å². The number of rotatable bonds is 4. The van der Waals surface area contributed by atoms with Crippen LogP contribution in [0.25, 0.3) is 0 Å². The Morgan fingerprint density at radius 1 is 1.70 bits per heavy atom. The summed E-state index contributed by atoms with van der Waals surface area (Å²) >= 11 is 5.54. The van der Waals surface area contributed by atoms with Crippen LogP contribution in [0.1, 0.15) is 6.42 Å². The minimum atomic E-state index is -1.04. The fourth-order valence-electron chi connectivity index (χ4n) is 0.473. The minimum absolute atomic E-state index is 0.216. The number of aliphatic carboxylic acids is 1. The summed E-state index contributed by atoms with van der Waals surface area (Å²) in [4.78, 5) is 10.1. The molecule has 0 radical (unpaired) electrons. The van der Waals surface area contributed by atoms with Crippen LogP contribution in [0.5, 0.6) is 0 Å². The highest BCUT2D eigenvalue weighted by Gasteiger charge is 2.15. The van der Waals surface area contributed by atoms with E-state index in [1.807, 2.05) is 0 Å². The van der Waals surface area contributed by atoms with Crippen LogP contribution in [-0.4, -0.2) is 29.0 Å². The fourth-order valence-corrected chi connectivity index (χ4v) is 0.665. The third-order valence-electron chi connectivity index (χ3n) is 1.08. The molecule has 5 N–H and O–H groups in total. The Bertz CT molecular complexity index is 120. The summed E-state index contributed by atoms with van der Waals surface area (Å²) in [5.41, 5.74) is 10.3. The van der Waals surface area contributed by atoms with E-state index in [1.54, 1.807) is 0 Å². The molecule has 0 heterocycles. The molecule has 0 aliphatic heterocycles. The van der Waals surface area contributed by atoms with Crippen molar-refractivity contribution in [1.82, 2.24) is 0 Å².